The second kappa shape index (κ2) is 6.19. The molecule has 0 radical (unpaired) electrons. The van der Waals surface area contributed by atoms with Crippen molar-refractivity contribution in [1.29, 1.82) is 0 Å². The van der Waals surface area contributed by atoms with Crippen LogP contribution in [0.15, 0.2) is 29.2 Å². The highest BCUT2D eigenvalue weighted by molar-refractivity contribution is 7.98. The van der Waals surface area contributed by atoms with Crippen molar-refractivity contribution in [3.8, 4) is 0 Å². The quantitative estimate of drug-likeness (QED) is 0.849. The van der Waals surface area contributed by atoms with E-state index in [-0.39, 0.29) is 5.91 Å². The number of thioether (sulfide) groups is 1. The average molecular weight is 294 g/mol. The minimum absolute atomic E-state index is 0.0685. The molecule has 1 aromatic carbocycles. The van der Waals surface area contributed by atoms with Crippen molar-refractivity contribution in [2.75, 3.05) is 13.3 Å². The smallest absolute Gasteiger partial charge is 0.230 e. The van der Waals surface area contributed by atoms with Crippen LogP contribution in [0, 0.1) is 5.41 Å². The summed E-state index contributed by atoms with van der Waals surface area (Å²) in [6.07, 6.45) is 2.05. The summed E-state index contributed by atoms with van der Waals surface area (Å²) in [6, 6.07) is 8.29. The van der Waals surface area contributed by atoms with E-state index < -0.39 is 11.0 Å². The maximum Gasteiger partial charge on any atom is 0.230 e. The Bertz CT molecular complexity index is 460. The highest BCUT2D eigenvalue weighted by Crippen LogP contribution is 2.30. The van der Waals surface area contributed by atoms with Crippen molar-refractivity contribution in [3.63, 3.8) is 0 Å². The topological polar surface area (TPSA) is 46.3 Å². The summed E-state index contributed by atoms with van der Waals surface area (Å²) >= 11 is 1.71. The molecular weight excluding hydrogens is 268 g/mol. The summed E-state index contributed by atoms with van der Waals surface area (Å²) in [5, 5.41) is 0. The average Bonchev–Trinajstić information content (AvgIpc) is 2.37. The first-order chi connectivity index (χ1) is 9.09. The molecule has 0 aromatic heterocycles. The molecule has 0 atom stereocenters. The van der Waals surface area contributed by atoms with Crippen LogP contribution in [0.2, 0.25) is 0 Å². The largest absolute Gasteiger partial charge is 0.341 e. The molecule has 2 N–H and O–H groups in total. The molecule has 0 bridgehead atoms. The molecule has 1 amide bonds. The fourth-order valence-corrected chi connectivity index (χ4v) is 2.24. The van der Waals surface area contributed by atoms with E-state index >= 15 is 0 Å². The zero-order valence-electron chi connectivity index (χ0n) is 13.4. The molecule has 0 saturated heterocycles. The van der Waals surface area contributed by atoms with E-state index in [1.807, 2.05) is 34.7 Å². The first-order valence-electron chi connectivity index (χ1n) is 6.77. The van der Waals surface area contributed by atoms with Crippen LogP contribution < -0.4 is 5.73 Å². The van der Waals surface area contributed by atoms with Gasteiger partial charge in [0.05, 0.1) is 5.41 Å². The Kier molecular flexibility index (Phi) is 5.27. The van der Waals surface area contributed by atoms with E-state index in [0.717, 1.165) is 5.56 Å². The normalized spacial score (nSPS) is 12.3. The van der Waals surface area contributed by atoms with Gasteiger partial charge in [-0.3, -0.25) is 4.79 Å². The zero-order valence-corrected chi connectivity index (χ0v) is 14.2. The van der Waals surface area contributed by atoms with Gasteiger partial charge in [-0.25, -0.2) is 0 Å². The number of amides is 1. The molecular formula is C16H26N2OS. The number of benzene rings is 1. The van der Waals surface area contributed by atoms with Gasteiger partial charge in [-0.1, -0.05) is 12.1 Å². The van der Waals surface area contributed by atoms with Crippen LogP contribution in [-0.2, 0) is 11.3 Å². The minimum Gasteiger partial charge on any atom is -0.341 e. The zero-order chi connectivity index (χ0) is 15.6. The Balaban J connectivity index is 2.80. The molecule has 20 heavy (non-hydrogen) atoms. The second-order valence-electron chi connectivity index (χ2n) is 6.36. The van der Waals surface area contributed by atoms with Gasteiger partial charge in [-0.15, -0.1) is 11.8 Å². The summed E-state index contributed by atoms with van der Waals surface area (Å²) in [7, 11) is 1.83. The lowest BCUT2D eigenvalue weighted by molar-refractivity contribution is -0.142. The Morgan fingerprint density at radius 3 is 2.10 bits per heavy atom. The lowest BCUT2D eigenvalue weighted by Gasteiger charge is -2.39. The molecule has 0 heterocycles. The molecule has 0 aliphatic rings. The van der Waals surface area contributed by atoms with Gasteiger partial charge in [0.15, 0.2) is 0 Å². The number of nitrogens with two attached hydrogens (primary N) is 1. The van der Waals surface area contributed by atoms with Gasteiger partial charge in [0.1, 0.15) is 0 Å². The predicted molar refractivity (Wildman–Crippen MR) is 86.7 cm³/mol. The predicted octanol–water partition coefficient (Wildman–Crippen LogP) is 3.13. The van der Waals surface area contributed by atoms with Gasteiger partial charge in [0.25, 0.3) is 0 Å². The lowest BCUT2D eigenvalue weighted by atomic mass is 9.74. The van der Waals surface area contributed by atoms with Gasteiger partial charge in [0.2, 0.25) is 5.91 Å². The standard InChI is InChI=1S/C16H26N2OS/c1-15(2,16(3,4)17)14(19)18(5)11-12-7-9-13(20-6)10-8-12/h7-10H,11,17H2,1-6H3. The van der Waals surface area contributed by atoms with Gasteiger partial charge in [-0.05, 0) is 51.6 Å². The molecule has 1 rings (SSSR count). The maximum absolute atomic E-state index is 12.6. The third-order valence-corrected chi connectivity index (χ3v) is 4.81. The fourth-order valence-electron chi connectivity index (χ4n) is 1.83. The third-order valence-electron chi connectivity index (χ3n) is 4.07. The van der Waals surface area contributed by atoms with Gasteiger partial charge >= 0.3 is 0 Å². The van der Waals surface area contributed by atoms with Crippen LogP contribution in [0.3, 0.4) is 0 Å². The minimum atomic E-state index is -0.596. The van der Waals surface area contributed by atoms with Crippen LogP contribution in [0.5, 0.6) is 0 Å². The summed E-state index contributed by atoms with van der Waals surface area (Å²) in [5.41, 5.74) is 6.11. The van der Waals surface area contributed by atoms with Crippen molar-refractivity contribution in [2.24, 2.45) is 11.1 Å². The first kappa shape index (κ1) is 17.1. The van der Waals surface area contributed by atoms with Crippen molar-refractivity contribution >= 4 is 17.7 Å². The number of nitrogens with zero attached hydrogens (tertiary/aromatic N) is 1. The van der Waals surface area contributed by atoms with E-state index in [1.54, 1.807) is 16.7 Å². The Morgan fingerprint density at radius 2 is 1.70 bits per heavy atom. The molecule has 1 aromatic rings. The monoisotopic (exact) mass is 294 g/mol. The molecule has 0 aliphatic carbocycles. The van der Waals surface area contributed by atoms with E-state index in [2.05, 4.69) is 30.5 Å². The highest BCUT2D eigenvalue weighted by atomic mass is 32.2. The molecule has 0 saturated carbocycles. The fraction of sp³-hybridized carbons (Fsp3) is 0.562. The van der Waals surface area contributed by atoms with Crippen LogP contribution in [0.1, 0.15) is 33.3 Å². The molecule has 4 heteroatoms. The number of carbonyl (C=O) groups is 1. The van der Waals surface area contributed by atoms with Crippen molar-refractivity contribution in [3.05, 3.63) is 29.8 Å². The van der Waals surface area contributed by atoms with Crippen molar-refractivity contribution in [2.45, 2.75) is 44.7 Å². The highest BCUT2D eigenvalue weighted by Gasteiger charge is 2.41. The van der Waals surface area contributed by atoms with Crippen LogP contribution >= 0.6 is 11.8 Å². The van der Waals surface area contributed by atoms with Crippen LogP contribution in [0.25, 0.3) is 0 Å². The van der Waals surface area contributed by atoms with Gasteiger partial charge < -0.3 is 10.6 Å². The van der Waals surface area contributed by atoms with Crippen LogP contribution in [0.4, 0.5) is 0 Å². The van der Waals surface area contributed by atoms with Crippen molar-refractivity contribution in [1.82, 2.24) is 4.90 Å². The lowest BCUT2D eigenvalue weighted by Crippen LogP contribution is -2.55. The summed E-state index contributed by atoms with van der Waals surface area (Å²) < 4.78 is 0. The van der Waals surface area contributed by atoms with E-state index in [1.165, 1.54) is 4.90 Å². The Labute approximate surface area is 126 Å². The third kappa shape index (κ3) is 3.76. The number of hydrogen-bond donors (Lipinski definition) is 1. The molecule has 0 unspecified atom stereocenters. The molecule has 3 nitrogen and oxygen atoms in total. The molecule has 112 valence electrons. The maximum atomic E-state index is 12.6. The molecule has 0 aliphatic heterocycles. The Hall–Kier alpha value is -1.00. The number of hydrogen-bond acceptors (Lipinski definition) is 3. The summed E-state index contributed by atoms with van der Waals surface area (Å²) in [4.78, 5) is 15.6. The number of carbonyl (C=O) groups excluding carboxylic acids is 1. The van der Waals surface area contributed by atoms with Gasteiger partial charge in [-0.2, -0.15) is 0 Å². The Morgan fingerprint density at radius 1 is 1.20 bits per heavy atom. The molecule has 0 fully saturated rings. The van der Waals surface area contributed by atoms with E-state index in [4.69, 9.17) is 5.73 Å². The first-order valence-corrected chi connectivity index (χ1v) is 7.99. The second-order valence-corrected chi connectivity index (χ2v) is 7.24. The SMILES string of the molecule is CSc1ccc(CN(C)C(=O)C(C)(C)C(C)(C)N)cc1. The van der Waals surface area contributed by atoms with Gasteiger partial charge in [0, 0.05) is 24.0 Å². The number of rotatable bonds is 5. The molecule has 0 spiro atoms. The van der Waals surface area contributed by atoms with Crippen LogP contribution in [-0.4, -0.2) is 29.6 Å². The summed E-state index contributed by atoms with van der Waals surface area (Å²) in [5.74, 6) is 0.0685. The summed E-state index contributed by atoms with van der Waals surface area (Å²) in [6.45, 7) is 8.20. The van der Waals surface area contributed by atoms with Crippen molar-refractivity contribution < 1.29 is 4.79 Å². The van der Waals surface area contributed by atoms with E-state index in [0.29, 0.717) is 6.54 Å². The van der Waals surface area contributed by atoms with E-state index in [9.17, 15) is 4.79 Å².